The standard InChI is InChI=1S/C16H27N5O/c1-12(11-13-7-4-3-5-8-13)21-15(22)14(19-2)9-6-10-20-16(17)18/h3-5,7-8,12,14,19H,6,9-11H2,1-2H3,(H,21,22)(H4,17,18,20). The second kappa shape index (κ2) is 9.78. The summed E-state index contributed by atoms with van der Waals surface area (Å²) in [6.07, 6.45) is 2.26. The molecule has 2 atom stereocenters. The van der Waals surface area contributed by atoms with Crippen molar-refractivity contribution in [2.75, 3.05) is 13.6 Å². The van der Waals surface area contributed by atoms with E-state index in [1.807, 2.05) is 25.1 Å². The highest BCUT2D eigenvalue weighted by Crippen LogP contribution is 2.04. The molecule has 0 aliphatic carbocycles. The number of likely N-dealkylation sites (N-methyl/N-ethyl adjacent to an activating group) is 1. The smallest absolute Gasteiger partial charge is 0.237 e. The Kier molecular flexibility index (Phi) is 7.99. The molecule has 0 fully saturated rings. The average Bonchev–Trinajstić information content (AvgIpc) is 2.47. The van der Waals surface area contributed by atoms with E-state index in [1.54, 1.807) is 7.05 Å². The Morgan fingerprint density at radius 2 is 1.95 bits per heavy atom. The largest absolute Gasteiger partial charge is 0.370 e. The molecule has 0 heterocycles. The van der Waals surface area contributed by atoms with Gasteiger partial charge in [0.15, 0.2) is 5.96 Å². The lowest BCUT2D eigenvalue weighted by Gasteiger charge is -2.20. The molecule has 1 rings (SSSR count). The van der Waals surface area contributed by atoms with Crippen molar-refractivity contribution >= 4 is 11.9 Å². The zero-order chi connectivity index (χ0) is 16.4. The second-order valence-corrected chi connectivity index (χ2v) is 5.39. The molecule has 6 heteroatoms. The van der Waals surface area contributed by atoms with Gasteiger partial charge in [-0.3, -0.25) is 9.79 Å². The lowest BCUT2D eigenvalue weighted by Crippen LogP contribution is -2.46. The molecule has 22 heavy (non-hydrogen) atoms. The van der Waals surface area contributed by atoms with Crippen LogP contribution in [0.15, 0.2) is 35.3 Å². The number of guanidine groups is 1. The Hall–Kier alpha value is -2.08. The highest BCUT2D eigenvalue weighted by molar-refractivity contribution is 5.82. The van der Waals surface area contributed by atoms with E-state index < -0.39 is 0 Å². The third kappa shape index (κ3) is 7.08. The van der Waals surface area contributed by atoms with Crippen LogP contribution < -0.4 is 22.1 Å². The molecule has 0 saturated carbocycles. The zero-order valence-electron chi connectivity index (χ0n) is 13.4. The van der Waals surface area contributed by atoms with Crippen molar-refractivity contribution in [1.29, 1.82) is 0 Å². The maximum absolute atomic E-state index is 12.2. The summed E-state index contributed by atoms with van der Waals surface area (Å²) in [6, 6.07) is 9.98. The van der Waals surface area contributed by atoms with E-state index >= 15 is 0 Å². The van der Waals surface area contributed by atoms with Crippen molar-refractivity contribution in [3.05, 3.63) is 35.9 Å². The maximum Gasteiger partial charge on any atom is 0.237 e. The van der Waals surface area contributed by atoms with Gasteiger partial charge in [-0.15, -0.1) is 0 Å². The number of rotatable bonds is 9. The molecular formula is C16H27N5O. The fourth-order valence-corrected chi connectivity index (χ4v) is 2.27. The summed E-state index contributed by atoms with van der Waals surface area (Å²) in [5, 5.41) is 6.08. The van der Waals surface area contributed by atoms with E-state index in [0.29, 0.717) is 13.0 Å². The van der Waals surface area contributed by atoms with E-state index in [4.69, 9.17) is 11.5 Å². The van der Waals surface area contributed by atoms with Gasteiger partial charge in [-0.05, 0) is 38.8 Å². The first-order valence-corrected chi connectivity index (χ1v) is 7.60. The molecule has 6 N–H and O–H groups in total. The van der Waals surface area contributed by atoms with Crippen molar-refractivity contribution < 1.29 is 4.79 Å². The van der Waals surface area contributed by atoms with Crippen molar-refractivity contribution in [3.63, 3.8) is 0 Å². The van der Waals surface area contributed by atoms with Gasteiger partial charge in [0.1, 0.15) is 0 Å². The summed E-state index contributed by atoms with van der Waals surface area (Å²) in [5.74, 6) is 0.0950. The molecular weight excluding hydrogens is 278 g/mol. The maximum atomic E-state index is 12.2. The summed E-state index contributed by atoms with van der Waals surface area (Å²) in [4.78, 5) is 16.2. The Morgan fingerprint density at radius 1 is 1.27 bits per heavy atom. The van der Waals surface area contributed by atoms with Crippen LogP contribution >= 0.6 is 0 Å². The van der Waals surface area contributed by atoms with Gasteiger partial charge >= 0.3 is 0 Å². The van der Waals surface area contributed by atoms with Crippen LogP contribution in [0.5, 0.6) is 0 Å². The third-order valence-electron chi connectivity index (χ3n) is 3.38. The molecule has 1 aromatic rings. The van der Waals surface area contributed by atoms with Crippen LogP contribution in [-0.4, -0.2) is 37.5 Å². The van der Waals surface area contributed by atoms with Crippen LogP contribution in [0.2, 0.25) is 0 Å². The van der Waals surface area contributed by atoms with E-state index in [2.05, 4.69) is 27.8 Å². The summed E-state index contributed by atoms with van der Waals surface area (Å²) < 4.78 is 0. The Balaban J connectivity index is 2.38. The van der Waals surface area contributed by atoms with Gasteiger partial charge in [0.05, 0.1) is 6.04 Å². The normalized spacial score (nSPS) is 13.2. The lowest BCUT2D eigenvalue weighted by molar-refractivity contribution is -0.123. The van der Waals surface area contributed by atoms with Crippen LogP contribution in [0.25, 0.3) is 0 Å². The molecule has 0 aliphatic rings. The number of hydrogen-bond acceptors (Lipinski definition) is 3. The highest BCUT2D eigenvalue weighted by Gasteiger charge is 2.17. The third-order valence-corrected chi connectivity index (χ3v) is 3.38. The summed E-state index contributed by atoms with van der Waals surface area (Å²) >= 11 is 0. The van der Waals surface area contributed by atoms with Crippen molar-refractivity contribution in [2.45, 2.75) is 38.3 Å². The highest BCUT2D eigenvalue weighted by atomic mass is 16.2. The average molecular weight is 305 g/mol. The second-order valence-electron chi connectivity index (χ2n) is 5.39. The Labute approximate surface area is 132 Å². The minimum Gasteiger partial charge on any atom is -0.370 e. The van der Waals surface area contributed by atoms with Gasteiger partial charge < -0.3 is 22.1 Å². The lowest BCUT2D eigenvalue weighted by atomic mass is 10.1. The van der Waals surface area contributed by atoms with Gasteiger partial charge in [0.2, 0.25) is 5.91 Å². The number of nitrogens with two attached hydrogens (primary N) is 2. The van der Waals surface area contributed by atoms with Crippen molar-refractivity contribution in [2.24, 2.45) is 16.5 Å². The van der Waals surface area contributed by atoms with Gasteiger partial charge in [-0.25, -0.2) is 0 Å². The SMILES string of the molecule is CNC(CCCN=C(N)N)C(=O)NC(C)Cc1ccccc1. The molecule has 0 radical (unpaired) electrons. The fourth-order valence-electron chi connectivity index (χ4n) is 2.27. The first-order chi connectivity index (χ1) is 10.5. The number of nitrogens with one attached hydrogen (secondary N) is 2. The molecule has 0 saturated heterocycles. The number of carbonyl (C=O) groups excluding carboxylic acids is 1. The minimum atomic E-state index is -0.229. The number of aliphatic imine (C=N–C) groups is 1. The van der Waals surface area contributed by atoms with Crippen molar-refractivity contribution in [1.82, 2.24) is 10.6 Å². The molecule has 1 aromatic carbocycles. The van der Waals surface area contributed by atoms with E-state index in [1.165, 1.54) is 5.56 Å². The Morgan fingerprint density at radius 3 is 2.55 bits per heavy atom. The molecule has 122 valence electrons. The van der Waals surface area contributed by atoms with E-state index in [0.717, 1.165) is 12.8 Å². The number of benzene rings is 1. The van der Waals surface area contributed by atoms with Gasteiger partial charge in [0, 0.05) is 12.6 Å². The number of hydrogen-bond donors (Lipinski definition) is 4. The first-order valence-electron chi connectivity index (χ1n) is 7.60. The van der Waals surface area contributed by atoms with Crippen LogP contribution in [0.1, 0.15) is 25.3 Å². The van der Waals surface area contributed by atoms with Gasteiger partial charge in [-0.2, -0.15) is 0 Å². The van der Waals surface area contributed by atoms with Gasteiger partial charge in [0.25, 0.3) is 0 Å². The number of carbonyl (C=O) groups is 1. The quantitative estimate of drug-likeness (QED) is 0.300. The summed E-state index contributed by atoms with van der Waals surface area (Å²) in [6.45, 7) is 2.55. The van der Waals surface area contributed by atoms with E-state index in [-0.39, 0.29) is 24.0 Å². The van der Waals surface area contributed by atoms with Crippen LogP contribution in [-0.2, 0) is 11.2 Å². The molecule has 0 bridgehead atoms. The van der Waals surface area contributed by atoms with Crippen LogP contribution in [0.4, 0.5) is 0 Å². The minimum absolute atomic E-state index is 0.00984. The molecule has 1 amide bonds. The first kappa shape index (κ1) is 18.0. The monoisotopic (exact) mass is 305 g/mol. The molecule has 0 aliphatic heterocycles. The number of nitrogens with zero attached hydrogens (tertiary/aromatic N) is 1. The topological polar surface area (TPSA) is 106 Å². The Bertz CT molecular complexity index is 471. The van der Waals surface area contributed by atoms with E-state index in [9.17, 15) is 4.79 Å². The van der Waals surface area contributed by atoms with Gasteiger partial charge in [-0.1, -0.05) is 30.3 Å². The van der Waals surface area contributed by atoms with Crippen molar-refractivity contribution in [3.8, 4) is 0 Å². The van der Waals surface area contributed by atoms with Crippen LogP contribution in [0.3, 0.4) is 0 Å². The molecule has 6 nitrogen and oxygen atoms in total. The predicted molar refractivity (Wildman–Crippen MR) is 90.5 cm³/mol. The summed E-state index contributed by atoms with van der Waals surface area (Å²) in [7, 11) is 1.78. The molecule has 2 unspecified atom stereocenters. The molecule has 0 spiro atoms. The predicted octanol–water partition coefficient (Wildman–Crippen LogP) is 0.375. The zero-order valence-corrected chi connectivity index (χ0v) is 13.4. The molecule has 0 aromatic heterocycles. The fraction of sp³-hybridized carbons (Fsp3) is 0.500. The summed E-state index contributed by atoms with van der Waals surface area (Å²) in [5.41, 5.74) is 11.8. The number of amides is 1. The van der Waals surface area contributed by atoms with Crippen LogP contribution in [0, 0.1) is 0 Å².